The minimum Gasteiger partial charge on any atom is -0.492 e. The Morgan fingerprint density at radius 1 is 1.47 bits per heavy atom. The maximum Gasteiger partial charge on any atom is 0.341 e. The number of hydrogen-bond donors (Lipinski definition) is 0. The third-order valence-electron chi connectivity index (χ3n) is 2.57. The molecule has 0 amide bonds. The van der Waals surface area contributed by atoms with Gasteiger partial charge < -0.3 is 9.47 Å². The van der Waals surface area contributed by atoms with E-state index in [1.807, 2.05) is 12.1 Å². The topological polar surface area (TPSA) is 35.5 Å². The summed E-state index contributed by atoms with van der Waals surface area (Å²) in [4.78, 5) is 11.6. The van der Waals surface area contributed by atoms with Crippen molar-refractivity contribution >= 4 is 28.6 Å². The van der Waals surface area contributed by atoms with Gasteiger partial charge in [-0.25, -0.2) is 4.79 Å². The fourth-order valence-corrected chi connectivity index (χ4v) is 1.71. The van der Waals surface area contributed by atoms with Gasteiger partial charge in [0.15, 0.2) is 0 Å². The Labute approximate surface area is 116 Å². The van der Waals surface area contributed by atoms with Crippen LogP contribution in [0.25, 0.3) is 0 Å². The van der Waals surface area contributed by atoms with Crippen LogP contribution in [0.3, 0.4) is 0 Å². The number of benzene rings is 1. The van der Waals surface area contributed by atoms with E-state index in [-0.39, 0.29) is 5.97 Å². The van der Waals surface area contributed by atoms with E-state index in [1.54, 1.807) is 6.07 Å². The molecule has 0 aliphatic carbocycles. The number of ether oxygens (including phenoxy) is 2. The van der Waals surface area contributed by atoms with Crippen molar-refractivity contribution in [2.24, 2.45) is 5.92 Å². The first-order valence-electron chi connectivity index (χ1n) is 5.59. The van der Waals surface area contributed by atoms with Gasteiger partial charge in [0.25, 0.3) is 0 Å². The lowest BCUT2D eigenvalue weighted by molar-refractivity contribution is 0.0595. The molecule has 0 aromatic heterocycles. The van der Waals surface area contributed by atoms with Crippen molar-refractivity contribution in [3.8, 4) is 5.75 Å². The van der Waals surface area contributed by atoms with Gasteiger partial charge in [0.05, 0.1) is 13.7 Å². The molecule has 0 fully saturated rings. The van der Waals surface area contributed by atoms with E-state index in [0.717, 1.165) is 9.99 Å². The lowest BCUT2D eigenvalue weighted by Gasteiger charge is -2.13. The Bertz CT molecular complexity index is 390. The Morgan fingerprint density at radius 2 is 2.18 bits per heavy atom. The van der Waals surface area contributed by atoms with Crippen LogP contribution in [0.15, 0.2) is 18.2 Å². The monoisotopic (exact) mass is 348 g/mol. The van der Waals surface area contributed by atoms with E-state index < -0.39 is 0 Å². The molecule has 1 unspecified atom stereocenters. The Balaban J connectivity index is 2.87. The summed E-state index contributed by atoms with van der Waals surface area (Å²) < 4.78 is 11.5. The van der Waals surface area contributed by atoms with Crippen molar-refractivity contribution in [3.05, 3.63) is 27.3 Å². The van der Waals surface area contributed by atoms with Gasteiger partial charge in [-0.3, -0.25) is 0 Å². The highest BCUT2D eigenvalue weighted by Gasteiger charge is 2.14. The van der Waals surface area contributed by atoms with E-state index in [0.29, 0.717) is 23.8 Å². The quantitative estimate of drug-likeness (QED) is 0.604. The van der Waals surface area contributed by atoms with Crippen LogP contribution in [0.1, 0.15) is 30.6 Å². The van der Waals surface area contributed by atoms with Crippen LogP contribution >= 0.6 is 22.6 Å². The maximum atomic E-state index is 11.6. The number of methoxy groups -OCH3 is 1. The smallest absolute Gasteiger partial charge is 0.341 e. The molecule has 0 aliphatic rings. The number of carbonyl (C=O) groups is 1. The summed E-state index contributed by atoms with van der Waals surface area (Å²) in [7, 11) is 1.37. The molecule has 3 nitrogen and oxygen atoms in total. The number of halogens is 1. The van der Waals surface area contributed by atoms with Crippen LogP contribution < -0.4 is 4.74 Å². The number of hydrogen-bond acceptors (Lipinski definition) is 3. The fraction of sp³-hybridized carbons (Fsp3) is 0.462. The summed E-state index contributed by atoms with van der Waals surface area (Å²) in [6.07, 6.45) is 1.05. The molecule has 94 valence electrons. The number of esters is 1. The zero-order valence-corrected chi connectivity index (χ0v) is 12.5. The molecule has 0 aliphatic heterocycles. The molecule has 0 saturated heterocycles. The first-order chi connectivity index (χ1) is 8.08. The minimum absolute atomic E-state index is 0.361. The molecule has 1 aromatic rings. The predicted molar refractivity (Wildman–Crippen MR) is 75.4 cm³/mol. The highest BCUT2D eigenvalue weighted by atomic mass is 127. The summed E-state index contributed by atoms with van der Waals surface area (Å²) >= 11 is 2.19. The summed E-state index contributed by atoms with van der Waals surface area (Å²) in [6.45, 7) is 4.84. The van der Waals surface area contributed by atoms with Gasteiger partial charge in [-0.1, -0.05) is 20.3 Å². The molecule has 17 heavy (non-hydrogen) atoms. The van der Waals surface area contributed by atoms with Crippen molar-refractivity contribution in [2.75, 3.05) is 13.7 Å². The number of carbonyl (C=O) groups excluding carboxylic acids is 1. The second kappa shape index (κ2) is 6.83. The van der Waals surface area contributed by atoms with E-state index in [1.165, 1.54) is 7.11 Å². The molecule has 1 atom stereocenters. The van der Waals surface area contributed by atoms with E-state index in [4.69, 9.17) is 9.47 Å². The fourth-order valence-electron chi connectivity index (χ4n) is 1.24. The van der Waals surface area contributed by atoms with Crippen LogP contribution in [-0.4, -0.2) is 19.7 Å². The van der Waals surface area contributed by atoms with Gasteiger partial charge in [-0.05, 0) is 46.7 Å². The van der Waals surface area contributed by atoms with Crippen molar-refractivity contribution in [1.82, 2.24) is 0 Å². The Morgan fingerprint density at radius 3 is 2.76 bits per heavy atom. The number of rotatable bonds is 5. The van der Waals surface area contributed by atoms with Crippen LogP contribution in [0, 0.1) is 9.49 Å². The van der Waals surface area contributed by atoms with Gasteiger partial charge >= 0.3 is 5.97 Å². The predicted octanol–water partition coefficient (Wildman–Crippen LogP) is 3.50. The first-order valence-corrected chi connectivity index (χ1v) is 6.67. The summed E-state index contributed by atoms with van der Waals surface area (Å²) in [5.41, 5.74) is 0.483. The van der Waals surface area contributed by atoms with Crippen molar-refractivity contribution in [2.45, 2.75) is 20.3 Å². The molecule has 0 heterocycles. The average molecular weight is 348 g/mol. The van der Waals surface area contributed by atoms with Gasteiger partial charge in [-0.2, -0.15) is 0 Å². The first kappa shape index (κ1) is 14.3. The molecule has 4 heteroatoms. The van der Waals surface area contributed by atoms with Gasteiger partial charge in [0.1, 0.15) is 11.3 Å². The van der Waals surface area contributed by atoms with Crippen molar-refractivity contribution < 1.29 is 14.3 Å². The SMILES string of the molecule is CCC(C)COc1cc(I)ccc1C(=O)OC. The third kappa shape index (κ3) is 4.18. The minimum atomic E-state index is -0.361. The summed E-state index contributed by atoms with van der Waals surface area (Å²) in [5.74, 6) is 0.711. The average Bonchev–Trinajstić information content (AvgIpc) is 2.35. The Hall–Kier alpha value is -0.780. The van der Waals surface area contributed by atoms with E-state index >= 15 is 0 Å². The normalized spacial score (nSPS) is 12.0. The second-order valence-electron chi connectivity index (χ2n) is 3.96. The van der Waals surface area contributed by atoms with Gasteiger partial charge in [0.2, 0.25) is 0 Å². The van der Waals surface area contributed by atoms with E-state index in [2.05, 4.69) is 36.4 Å². The molecule has 1 aromatic carbocycles. The van der Waals surface area contributed by atoms with Crippen LogP contribution in [-0.2, 0) is 4.74 Å². The van der Waals surface area contributed by atoms with Crippen LogP contribution in [0.4, 0.5) is 0 Å². The molecule has 0 N–H and O–H groups in total. The molecule has 0 saturated carbocycles. The van der Waals surface area contributed by atoms with Crippen molar-refractivity contribution in [1.29, 1.82) is 0 Å². The molecule has 0 bridgehead atoms. The third-order valence-corrected chi connectivity index (χ3v) is 3.24. The summed E-state index contributed by atoms with van der Waals surface area (Å²) in [5, 5.41) is 0. The highest BCUT2D eigenvalue weighted by molar-refractivity contribution is 14.1. The molecular formula is C13H17IO3. The molecule has 0 radical (unpaired) electrons. The lowest BCUT2D eigenvalue weighted by Crippen LogP contribution is -2.11. The standard InChI is InChI=1S/C13H17IO3/c1-4-9(2)8-17-12-7-10(14)5-6-11(12)13(15)16-3/h5-7,9H,4,8H2,1-3H3. The van der Waals surface area contributed by atoms with Crippen molar-refractivity contribution in [3.63, 3.8) is 0 Å². The van der Waals surface area contributed by atoms with E-state index in [9.17, 15) is 4.79 Å². The summed E-state index contributed by atoms with van der Waals surface area (Å²) in [6, 6.07) is 5.46. The Kier molecular flexibility index (Phi) is 5.74. The van der Waals surface area contributed by atoms with Gasteiger partial charge in [-0.15, -0.1) is 0 Å². The largest absolute Gasteiger partial charge is 0.492 e. The van der Waals surface area contributed by atoms with Crippen LogP contribution in [0.2, 0.25) is 0 Å². The zero-order valence-electron chi connectivity index (χ0n) is 10.3. The highest BCUT2D eigenvalue weighted by Crippen LogP contribution is 2.23. The zero-order chi connectivity index (χ0) is 12.8. The lowest BCUT2D eigenvalue weighted by atomic mass is 10.1. The molecule has 1 rings (SSSR count). The second-order valence-corrected chi connectivity index (χ2v) is 5.20. The maximum absolute atomic E-state index is 11.6. The van der Waals surface area contributed by atoms with Gasteiger partial charge in [0, 0.05) is 3.57 Å². The molecular weight excluding hydrogens is 331 g/mol. The van der Waals surface area contributed by atoms with Crippen LogP contribution in [0.5, 0.6) is 5.75 Å². The molecule has 0 spiro atoms.